The van der Waals surface area contributed by atoms with Crippen molar-refractivity contribution in [1.29, 1.82) is 0 Å². The number of urea groups is 1. The second-order valence-corrected chi connectivity index (χ2v) is 7.52. The third-order valence-corrected chi connectivity index (χ3v) is 4.81. The van der Waals surface area contributed by atoms with Crippen LogP contribution in [0, 0.1) is 0 Å². The zero-order chi connectivity index (χ0) is 20.4. The van der Waals surface area contributed by atoms with Crippen LogP contribution in [0.4, 0.5) is 10.5 Å². The molecular formula is C20H28N4O3. The predicted octanol–water partition coefficient (Wildman–Crippen LogP) is 2.05. The molecule has 0 bridgehead atoms. The van der Waals surface area contributed by atoms with E-state index in [2.05, 4.69) is 6.58 Å². The van der Waals surface area contributed by atoms with E-state index in [0.29, 0.717) is 30.9 Å². The van der Waals surface area contributed by atoms with Crippen LogP contribution in [0.2, 0.25) is 0 Å². The number of hydrogen-bond donors (Lipinski definition) is 0. The molecule has 0 N–H and O–H groups in total. The van der Waals surface area contributed by atoms with Gasteiger partial charge in [0.2, 0.25) is 5.91 Å². The topological polar surface area (TPSA) is 64.2 Å². The fraction of sp³-hybridized carbons (Fsp3) is 0.450. The smallest absolute Gasteiger partial charge is 0.319 e. The summed E-state index contributed by atoms with van der Waals surface area (Å²) in [6.45, 7) is 8.85. The first-order valence-corrected chi connectivity index (χ1v) is 8.87. The van der Waals surface area contributed by atoms with Crippen LogP contribution in [-0.4, -0.2) is 78.9 Å². The summed E-state index contributed by atoms with van der Waals surface area (Å²) in [6, 6.07) is 6.88. The second-order valence-electron chi connectivity index (χ2n) is 7.52. The first-order chi connectivity index (χ1) is 12.6. The van der Waals surface area contributed by atoms with Crippen LogP contribution in [0.3, 0.4) is 0 Å². The molecule has 0 aromatic heterocycles. The van der Waals surface area contributed by atoms with E-state index in [1.54, 1.807) is 60.1 Å². The van der Waals surface area contributed by atoms with Crippen LogP contribution < -0.4 is 4.90 Å². The van der Waals surface area contributed by atoms with Crippen LogP contribution in [0.1, 0.15) is 24.2 Å². The van der Waals surface area contributed by atoms with Gasteiger partial charge in [-0.1, -0.05) is 6.58 Å². The molecule has 1 aliphatic rings. The fourth-order valence-electron chi connectivity index (χ4n) is 3.23. The number of benzene rings is 1. The Kier molecular flexibility index (Phi) is 5.93. The number of likely N-dealkylation sites (N-methyl/N-ethyl adjacent to an activating group) is 1. The SMILES string of the molecule is C=CC(=O)N(C)c1ccc(C(=O)N2CCN(C(=O)N(C)C)CC2(C)C)cc1. The first kappa shape index (κ1) is 20.5. The summed E-state index contributed by atoms with van der Waals surface area (Å²) in [5, 5.41) is 0. The number of anilines is 1. The zero-order valence-electron chi connectivity index (χ0n) is 16.7. The van der Waals surface area contributed by atoms with E-state index >= 15 is 0 Å². The summed E-state index contributed by atoms with van der Waals surface area (Å²) in [5.74, 6) is -0.293. The number of carbonyl (C=O) groups is 3. The molecule has 0 atom stereocenters. The summed E-state index contributed by atoms with van der Waals surface area (Å²) >= 11 is 0. The van der Waals surface area contributed by atoms with Gasteiger partial charge in [-0.3, -0.25) is 9.59 Å². The molecule has 1 aliphatic heterocycles. The van der Waals surface area contributed by atoms with Crippen molar-refractivity contribution in [2.75, 3.05) is 45.7 Å². The van der Waals surface area contributed by atoms with Crippen LogP contribution >= 0.6 is 0 Å². The lowest BCUT2D eigenvalue weighted by Crippen LogP contribution is -2.63. The minimum absolute atomic E-state index is 0.0468. The van der Waals surface area contributed by atoms with Gasteiger partial charge < -0.3 is 19.6 Å². The van der Waals surface area contributed by atoms with Gasteiger partial charge in [0, 0.05) is 52.0 Å². The van der Waals surface area contributed by atoms with Gasteiger partial charge in [-0.25, -0.2) is 4.79 Å². The highest BCUT2D eigenvalue weighted by Gasteiger charge is 2.39. The molecule has 2 rings (SSSR count). The van der Waals surface area contributed by atoms with Gasteiger partial charge in [0.05, 0.1) is 5.54 Å². The molecule has 27 heavy (non-hydrogen) atoms. The number of nitrogens with zero attached hydrogens (tertiary/aromatic N) is 4. The van der Waals surface area contributed by atoms with Gasteiger partial charge in [-0.15, -0.1) is 0 Å². The molecule has 4 amide bonds. The molecule has 7 nitrogen and oxygen atoms in total. The minimum atomic E-state index is -0.477. The monoisotopic (exact) mass is 372 g/mol. The van der Waals surface area contributed by atoms with Crippen LogP contribution in [0.25, 0.3) is 0 Å². The van der Waals surface area contributed by atoms with Crippen molar-refractivity contribution in [3.63, 3.8) is 0 Å². The third kappa shape index (κ3) is 4.30. The van der Waals surface area contributed by atoms with Crippen LogP contribution in [0.5, 0.6) is 0 Å². The average molecular weight is 372 g/mol. The second kappa shape index (κ2) is 7.82. The largest absolute Gasteiger partial charge is 0.331 e. The molecule has 0 aliphatic carbocycles. The van der Waals surface area contributed by atoms with E-state index in [0.717, 1.165) is 0 Å². The summed E-state index contributed by atoms with van der Waals surface area (Å²) < 4.78 is 0. The first-order valence-electron chi connectivity index (χ1n) is 8.87. The van der Waals surface area contributed by atoms with Crippen molar-refractivity contribution in [2.24, 2.45) is 0 Å². The lowest BCUT2D eigenvalue weighted by atomic mass is 9.97. The molecule has 146 valence electrons. The molecule has 1 saturated heterocycles. The maximum absolute atomic E-state index is 13.0. The maximum Gasteiger partial charge on any atom is 0.319 e. The van der Waals surface area contributed by atoms with Gasteiger partial charge in [0.25, 0.3) is 5.91 Å². The van der Waals surface area contributed by atoms with Crippen molar-refractivity contribution < 1.29 is 14.4 Å². The van der Waals surface area contributed by atoms with Crippen molar-refractivity contribution in [1.82, 2.24) is 14.7 Å². The lowest BCUT2D eigenvalue weighted by Gasteiger charge is -2.47. The molecule has 0 unspecified atom stereocenters. The summed E-state index contributed by atoms with van der Waals surface area (Å²) in [6.07, 6.45) is 1.25. The van der Waals surface area contributed by atoms with Crippen molar-refractivity contribution in [2.45, 2.75) is 19.4 Å². The average Bonchev–Trinajstić information content (AvgIpc) is 2.64. The Morgan fingerprint density at radius 2 is 1.67 bits per heavy atom. The number of amides is 4. The van der Waals surface area contributed by atoms with Gasteiger partial charge in [0.1, 0.15) is 0 Å². The highest BCUT2D eigenvalue weighted by atomic mass is 16.2. The Labute approximate surface area is 160 Å². The van der Waals surface area contributed by atoms with E-state index < -0.39 is 5.54 Å². The van der Waals surface area contributed by atoms with Crippen molar-refractivity contribution in [3.8, 4) is 0 Å². The lowest BCUT2D eigenvalue weighted by molar-refractivity contribution is -0.113. The van der Waals surface area contributed by atoms with Crippen molar-refractivity contribution >= 4 is 23.5 Å². The molecule has 0 saturated carbocycles. The predicted molar refractivity (Wildman–Crippen MR) is 106 cm³/mol. The number of rotatable bonds is 3. The maximum atomic E-state index is 13.0. The van der Waals surface area contributed by atoms with Crippen molar-refractivity contribution in [3.05, 3.63) is 42.5 Å². The Hall–Kier alpha value is -2.83. The summed E-state index contributed by atoms with van der Waals surface area (Å²) in [7, 11) is 5.11. The van der Waals surface area contributed by atoms with E-state index in [-0.39, 0.29) is 17.8 Å². The summed E-state index contributed by atoms with van der Waals surface area (Å²) in [5.41, 5.74) is 0.769. The van der Waals surface area contributed by atoms with E-state index in [9.17, 15) is 14.4 Å². The molecule has 0 spiro atoms. The number of piperazine rings is 1. The Morgan fingerprint density at radius 3 is 2.15 bits per heavy atom. The molecule has 0 radical (unpaired) electrons. The number of carbonyl (C=O) groups excluding carboxylic acids is 3. The molecular weight excluding hydrogens is 344 g/mol. The Morgan fingerprint density at radius 1 is 1.07 bits per heavy atom. The van der Waals surface area contributed by atoms with Crippen LogP contribution in [0.15, 0.2) is 36.9 Å². The highest BCUT2D eigenvalue weighted by molar-refractivity contribution is 6.01. The molecule has 1 heterocycles. The van der Waals surface area contributed by atoms with E-state index in [1.807, 2.05) is 13.8 Å². The van der Waals surface area contributed by atoms with E-state index in [4.69, 9.17) is 0 Å². The van der Waals surface area contributed by atoms with Gasteiger partial charge in [-0.2, -0.15) is 0 Å². The fourth-order valence-corrected chi connectivity index (χ4v) is 3.23. The van der Waals surface area contributed by atoms with Gasteiger partial charge in [-0.05, 0) is 44.2 Å². The standard InChI is InChI=1S/C20H28N4O3/c1-7-17(25)22(6)16-10-8-15(9-11-16)18(26)24-13-12-23(14-20(24,2)3)19(27)21(4)5/h7-11H,1,12-14H2,2-6H3. The Balaban J connectivity index is 2.14. The van der Waals surface area contributed by atoms with E-state index in [1.165, 1.54) is 11.0 Å². The third-order valence-electron chi connectivity index (χ3n) is 4.81. The normalized spacial score (nSPS) is 15.9. The van der Waals surface area contributed by atoms with Crippen LogP contribution in [-0.2, 0) is 4.79 Å². The highest BCUT2D eigenvalue weighted by Crippen LogP contribution is 2.25. The molecule has 1 fully saturated rings. The number of hydrogen-bond acceptors (Lipinski definition) is 3. The summed E-state index contributed by atoms with van der Waals surface area (Å²) in [4.78, 5) is 43.5. The molecule has 1 aromatic rings. The minimum Gasteiger partial charge on any atom is -0.331 e. The molecule has 1 aromatic carbocycles. The van der Waals surface area contributed by atoms with Gasteiger partial charge >= 0.3 is 6.03 Å². The Bertz CT molecular complexity index is 740. The quantitative estimate of drug-likeness (QED) is 0.763. The zero-order valence-corrected chi connectivity index (χ0v) is 16.7. The molecule has 7 heteroatoms. The van der Waals surface area contributed by atoms with Gasteiger partial charge in [0.15, 0.2) is 0 Å².